The van der Waals surface area contributed by atoms with Crippen molar-refractivity contribution in [1.82, 2.24) is 0 Å². The number of carbonyl (C=O) groups excluding carboxylic acids is 1. The fourth-order valence-corrected chi connectivity index (χ4v) is 3.48. The lowest BCUT2D eigenvalue weighted by atomic mass is 10.1. The van der Waals surface area contributed by atoms with Gasteiger partial charge in [-0.2, -0.15) is 0 Å². The highest BCUT2D eigenvalue weighted by Gasteiger charge is 2.14. The molecule has 0 aliphatic carbocycles. The van der Waals surface area contributed by atoms with E-state index in [-0.39, 0.29) is 17.3 Å². The molecule has 0 heterocycles. The van der Waals surface area contributed by atoms with Crippen molar-refractivity contribution in [1.29, 1.82) is 0 Å². The molecule has 36 heavy (non-hydrogen) atoms. The summed E-state index contributed by atoms with van der Waals surface area (Å²) >= 11 is 0. The Balaban J connectivity index is 1.89. The quantitative estimate of drug-likeness (QED) is 0.159. The van der Waals surface area contributed by atoms with Gasteiger partial charge in [-0.25, -0.2) is 0 Å². The van der Waals surface area contributed by atoms with Crippen LogP contribution < -0.4 is 29.0 Å². The molecule has 0 atom stereocenters. The minimum absolute atomic E-state index is 0.0916. The Morgan fingerprint density at radius 3 is 1.97 bits per heavy atom. The summed E-state index contributed by atoms with van der Waals surface area (Å²) < 4.78 is 26.6. The lowest BCUT2D eigenvalue weighted by molar-refractivity contribution is 0.104. The number of rotatable bonds is 11. The van der Waals surface area contributed by atoms with Crippen molar-refractivity contribution >= 4 is 23.6 Å². The van der Waals surface area contributed by atoms with Crippen LogP contribution in [0.15, 0.2) is 60.8 Å². The van der Waals surface area contributed by atoms with Gasteiger partial charge in [-0.1, -0.05) is 12.2 Å². The molecule has 0 fully saturated rings. The number of ketones is 1. The van der Waals surface area contributed by atoms with Gasteiger partial charge in [0, 0.05) is 23.4 Å². The maximum Gasteiger partial charge on any atom is 0.203 e. The standard InChI is InChI=1S/C28H29NO7/c1-32-21-11-8-19(9-12-21)22(30)14-15-29-26-20(10-13-23(33-2)27(26)31)7-6-18-16-24(34-3)28(36-5)25(17-18)35-4/h6-17,29,31H,1-5H3. The maximum atomic E-state index is 12.5. The first kappa shape index (κ1) is 26.0. The van der Waals surface area contributed by atoms with Crippen LogP contribution in [0.3, 0.4) is 0 Å². The van der Waals surface area contributed by atoms with Crippen LogP contribution in [0.2, 0.25) is 0 Å². The summed E-state index contributed by atoms with van der Waals surface area (Å²) in [6.07, 6.45) is 6.50. The zero-order valence-electron chi connectivity index (χ0n) is 20.8. The molecule has 8 nitrogen and oxygen atoms in total. The number of anilines is 1. The first-order valence-electron chi connectivity index (χ1n) is 10.9. The molecule has 3 aromatic rings. The molecule has 0 radical (unpaired) electrons. The number of hydrogen-bond acceptors (Lipinski definition) is 8. The van der Waals surface area contributed by atoms with Crippen molar-refractivity contribution < 1.29 is 33.6 Å². The summed E-state index contributed by atoms with van der Waals surface area (Å²) in [6.45, 7) is 0. The molecule has 0 saturated heterocycles. The van der Waals surface area contributed by atoms with E-state index in [9.17, 15) is 9.90 Å². The van der Waals surface area contributed by atoms with Crippen LogP contribution in [0.1, 0.15) is 21.5 Å². The maximum absolute atomic E-state index is 12.5. The topological polar surface area (TPSA) is 95.5 Å². The number of benzene rings is 3. The lowest BCUT2D eigenvalue weighted by Crippen LogP contribution is -1.98. The molecular weight excluding hydrogens is 462 g/mol. The summed E-state index contributed by atoms with van der Waals surface area (Å²) in [5.74, 6) is 2.19. The van der Waals surface area contributed by atoms with Gasteiger partial charge in [0.2, 0.25) is 5.75 Å². The monoisotopic (exact) mass is 491 g/mol. The highest BCUT2D eigenvalue weighted by atomic mass is 16.5. The van der Waals surface area contributed by atoms with Crippen LogP contribution in [0.25, 0.3) is 12.2 Å². The van der Waals surface area contributed by atoms with Crippen molar-refractivity contribution in [3.8, 4) is 34.5 Å². The van der Waals surface area contributed by atoms with Crippen molar-refractivity contribution in [3.63, 3.8) is 0 Å². The number of ether oxygens (including phenoxy) is 5. The molecule has 0 aromatic heterocycles. The Labute approximate surface area is 210 Å². The third-order valence-electron chi connectivity index (χ3n) is 5.37. The van der Waals surface area contributed by atoms with Gasteiger partial charge in [-0.15, -0.1) is 0 Å². The van der Waals surface area contributed by atoms with Crippen LogP contribution in [-0.2, 0) is 0 Å². The summed E-state index contributed by atoms with van der Waals surface area (Å²) in [7, 11) is 7.67. The highest BCUT2D eigenvalue weighted by Crippen LogP contribution is 2.40. The van der Waals surface area contributed by atoms with Gasteiger partial charge in [0.1, 0.15) is 5.75 Å². The van der Waals surface area contributed by atoms with Gasteiger partial charge in [-0.3, -0.25) is 4.79 Å². The van der Waals surface area contributed by atoms with E-state index < -0.39 is 0 Å². The van der Waals surface area contributed by atoms with Crippen LogP contribution in [0.4, 0.5) is 5.69 Å². The predicted octanol–water partition coefficient (Wildman–Crippen LogP) is 5.41. The van der Waals surface area contributed by atoms with Crippen LogP contribution in [0, 0.1) is 0 Å². The normalized spacial score (nSPS) is 10.9. The Morgan fingerprint density at radius 1 is 0.778 bits per heavy atom. The Hall–Kier alpha value is -4.59. The second kappa shape index (κ2) is 12.2. The van der Waals surface area contributed by atoms with E-state index in [1.807, 2.05) is 18.2 Å². The van der Waals surface area contributed by atoms with Gasteiger partial charge in [0.05, 0.1) is 41.2 Å². The van der Waals surface area contributed by atoms with E-state index in [1.54, 1.807) is 70.9 Å². The number of hydrogen-bond donors (Lipinski definition) is 2. The van der Waals surface area contributed by atoms with Crippen LogP contribution in [-0.4, -0.2) is 46.4 Å². The molecule has 2 N–H and O–H groups in total. The van der Waals surface area contributed by atoms with Gasteiger partial charge >= 0.3 is 0 Å². The number of phenolic OH excluding ortho intramolecular Hbond substituents is 1. The molecule has 0 spiro atoms. The highest BCUT2D eigenvalue weighted by molar-refractivity contribution is 6.04. The second-order valence-corrected chi connectivity index (χ2v) is 7.44. The van der Waals surface area contributed by atoms with Gasteiger partial charge in [0.25, 0.3) is 0 Å². The average molecular weight is 492 g/mol. The molecule has 0 saturated carbocycles. The van der Waals surface area contributed by atoms with E-state index in [0.717, 1.165) is 5.56 Å². The molecular formula is C28H29NO7. The van der Waals surface area contributed by atoms with Crippen molar-refractivity contribution in [2.24, 2.45) is 0 Å². The smallest absolute Gasteiger partial charge is 0.203 e. The first-order valence-corrected chi connectivity index (χ1v) is 10.9. The summed E-state index contributed by atoms with van der Waals surface area (Å²) in [5.41, 5.74) is 2.32. The van der Waals surface area contributed by atoms with E-state index in [4.69, 9.17) is 23.7 Å². The Kier molecular flexibility index (Phi) is 8.83. The minimum Gasteiger partial charge on any atom is -0.503 e. The number of nitrogens with one attached hydrogen (secondary N) is 1. The largest absolute Gasteiger partial charge is 0.503 e. The average Bonchev–Trinajstić information content (AvgIpc) is 2.92. The number of carbonyl (C=O) groups is 1. The molecule has 0 bridgehead atoms. The van der Waals surface area contributed by atoms with Crippen LogP contribution >= 0.6 is 0 Å². The summed E-state index contributed by atoms with van der Waals surface area (Å²) in [4.78, 5) is 12.5. The van der Waals surface area contributed by atoms with Crippen LogP contribution in [0.5, 0.6) is 34.5 Å². The van der Waals surface area contributed by atoms with Crippen molar-refractivity contribution in [2.75, 3.05) is 40.9 Å². The number of allylic oxidation sites excluding steroid dienone is 1. The number of phenols is 1. The lowest BCUT2D eigenvalue weighted by Gasteiger charge is -2.13. The molecule has 8 heteroatoms. The molecule has 0 aliphatic rings. The van der Waals surface area contributed by atoms with E-state index in [1.165, 1.54) is 19.4 Å². The molecule has 188 valence electrons. The van der Waals surface area contributed by atoms with Gasteiger partial charge in [-0.05, 0) is 54.1 Å². The molecule has 3 rings (SSSR count). The zero-order chi connectivity index (χ0) is 26.1. The third kappa shape index (κ3) is 5.90. The number of methoxy groups -OCH3 is 5. The van der Waals surface area contributed by atoms with Crippen molar-refractivity contribution in [2.45, 2.75) is 0 Å². The number of aromatic hydroxyl groups is 1. The Bertz CT molecular complexity index is 1240. The third-order valence-corrected chi connectivity index (χ3v) is 5.37. The SMILES string of the molecule is COc1ccc(C(=O)C=CNc2c(C=Cc3cc(OC)c(OC)c(OC)c3)ccc(OC)c2O)cc1. The van der Waals surface area contributed by atoms with E-state index in [0.29, 0.717) is 39.8 Å². The molecule has 3 aromatic carbocycles. The molecule has 0 unspecified atom stereocenters. The van der Waals surface area contributed by atoms with E-state index in [2.05, 4.69) is 5.32 Å². The van der Waals surface area contributed by atoms with Crippen molar-refractivity contribution in [3.05, 3.63) is 77.5 Å². The first-order chi connectivity index (χ1) is 17.4. The summed E-state index contributed by atoms with van der Waals surface area (Å²) in [6, 6.07) is 13.8. The molecule has 0 aliphatic heterocycles. The predicted molar refractivity (Wildman–Crippen MR) is 140 cm³/mol. The van der Waals surface area contributed by atoms with Gasteiger partial charge < -0.3 is 34.1 Å². The molecule has 0 amide bonds. The fourth-order valence-electron chi connectivity index (χ4n) is 3.48. The zero-order valence-corrected chi connectivity index (χ0v) is 20.8. The minimum atomic E-state index is -0.206. The van der Waals surface area contributed by atoms with E-state index >= 15 is 0 Å². The second-order valence-electron chi connectivity index (χ2n) is 7.44. The van der Waals surface area contributed by atoms with Gasteiger partial charge in [0.15, 0.2) is 28.8 Å². The fraction of sp³-hybridized carbons (Fsp3) is 0.179. The Morgan fingerprint density at radius 2 is 1.42 bits per heavy atom. The summed E-state index contributed by atoms with van der Waals surface area (Å²) in [5, 5.41) is 13.7.